The summed E-state index contributed by atoms with van der Waals surface area (Å²) in [6, 6.07) is 3.90. The van der Waals surface area contributed by atoms with E-state index in [1.54, 1.807) is 13.1 Å². The first kappa shape index (κ1) is 16.7. The predicted molar refractivity (Wildman–Crippen MR) is 84.2 cm³/mol. The van der Waals surface area contributed by atoms with Gasteiger partial charge >= 0.3 is 6.01 Å². The van der Waals surface area contributed by atoms with Gasteiger partial charge in [-0.05, 0) is 6.07 Å². The summed E-state index contributed by atoms with van der Waals surface area (Å²) in [5.74, 6) is -0.790. The fourth-order valence-electron chi connectivity index (χ4n) is 2.07. The molecule has 0 radical (unpaired) electrons. The molecule has 132 valence electrons. The molecule has 0 spiro atoms. The standard InChI is InChI=1S/C13H9N7O6/c1-18-10(2-3-14-18)12-16-17-13(26-12)15-11(21)7-4-8(19(22)23)6-9(5-7)20(24)25/h2-6H,1H3,(H,15,17,21). The van der Waals surface area contributed by atoms with Crippen LogP contribution in [0.25, 0.3) is 11.6 Å². The average molecular weight is 359 g/mol. The number of carbonyl (C=O) groups excluding carboxylic acids is 1. The Labute approximate surface area is 143 Å². The zero-order chi connectivity index (χ0) is 18.8. The number of anilines is 1. The van der Waals surface area contributed by atoms with E-state index in [-0.39, 0.29) is 17.5 Å². The number of hydrogen-bond donors (Lipinski definition) is 1. The minimum atomic E-state index is -0.878. The van der Waals surface area contributed by atoms with Gasteiger partial charge in [-0.2, -0.15) is 5.10 Å². The molecule has 0 atom stereocenters. The Balaban J connectivity index is 1.86. The van der Waals surface area contributed by atoms with Gasteiger partial charge in [0.25, 0.3) is 23.2 Å². The number of nitro groups is 2. The van der Waals surface area contributed by atoms with Crippen molar-refractivity contribution < 1.29 is 19.1 Å². The molecule has 0 aliphatic carbocycles. The van der Waals surface area contributed by atoms with E-state index in [9.17, 15) is 25.0 Å². The van der Waals surface area contributed by atoms with Crippen LogP contribution >= 0.6 is 0 Å². The number of hydrogen-bond acceptors (Lipinski definition) is 9. The van der Waals surface area contributed by atoms with Gasteiger partial charge in [-0.15, -0.1) is 5.10 Å². The molecule has 3 aromatic rings. The Hall–Kier alpha value is -4.16. The first-order chi connectivity index (χ1) is 12.3. The van der Waals surface area contributed by atoms with Crippen LogP contribution in [0.5, 0.6) is 0 Å². The SMILES string of the molecule is Cn1nccc1-c1nnc(NC(=O)c2cc([N+](=O)[O-])cc([N+](=O)[O-])c2)o1. The first-order valence-corrected chi connectivity index (χ1v) is 6.92. The summed E-state index contributed by atoms with van der Waals surface area (Å²) < 4.78 is 6.75. The predicted octanol–water partition coefficient (Wildman–Crippen LogP) is 1.54. The molecule has 1 N–H and O–H groups in total. The number of amides is 1. The van der Waals surface area contributed by atoms with Gasteiger partial charge in [-0.1, -0.05) is 5.10 Å². The lowest BCUT2D eigenvalue weighted by atomic mass is 10.1. The van der Waals surface area contributed by atoms with Gasteiger partial charge in [-0.25, -0.2) is 0 Å². The van der Waals surface area contributed by atoms with E-state index in [1.165, 1.54) is 10.9 Å². The van der Waals surface area contributed by atoms with Crippen LogP contribution in [0.4, 0.5) is 17.4 Å². The van der Waals surface area contributed by atoms with Crippen molar-refractivity contribution in [3.8, 4) is 11.6 Å². The number of rotatable bonds is 5. The highest BCUT2D eigenvalue weighted by Crippen LogP contribution is 2.24. The molecule has 0 aliphatic heterocycles. The monoisotopic (exact) mass is 359 g/mol. The van der Waals surface area contributed by atoms with Crippen molar-refractivity contribution in [2.45, 2.75) is 0 Å². The average Bonchev–Trinajstić information content (AvgIpc) is 3.22. The van der Waals surface area contributed by atoms with Crippen LogP contribution in [0.1, 0.15) is 10.4 Å². The number of nitrogens with zero attached hydrogens (tertiary/aromatic N) is 6. The second-order valence-corrected chi connectivity index (χ2v) is 4.96. The zero-order valence-electron chi connectivity index (χ0n) is 13.0. The highest BCUT2D eigenvalue weighted by molar-refractivity contribution is 6.04. The molecular formula is C13H9N7O6. The molecule has 26 heavy (non-hydrogen) atoms. The molecule has 0 fully saturated rings. The Morgan fingerprint density at radius 3 is 2.35 bits per heavy atom. The van der Waals surface area contributed by atoms with Crippen molar-refractivity contribution in [1.82, 2.24) is 20.0 Å². The van der Waals surface area contributed by atoms with E-state index in [0.717, 1.165) is 18.2 Å². The van der Waals surface area contributed by atoms with Crippen molar-refractivity contribution in [2.24, 2.45) is 7.05 Å². The van der Waals surface area contributed by atoms with E-state index >= 15 is 0 Å². The maximum Gasteiger partial charge on any atom is 0.322 e. The van der Waals surface area contributed by atoms with Gasteiger partial charge in [0, 0.05) is 25.4 Å². The third-order valence-electron chi connectivity index (χ3n) is 3.27. The van der Waals surface area contributed by atoms with Crippen molar-refractivity contribution in [3.63, 3.8) is 0 Å². The summed E-state index contributed by atoms with van der Waals surface area (Å²) in [5.41, 5.74) is -0.980. The van der Waals surface area contributed by atoms with Crippen LogP contribution < -0.4 is 5.32 Å². The van der Waals surface area contributed by atoms with Gasteiger partial charge in [0.05, 0.1) is 21.5 Å². The van der Waals surface area contributed by atoms with Crippen molar-refractivity contribution in [1.29, 1.82) is 0 Å². The summed E-state index contributed by atoms with van der Waals surface area (Å²) in [7, 11) is 1.65. The number of aryl methyl sites for hydroxylation is 1. The number of carbonyl (C=O) groups is 1. The van der Waals surface area contributed by atoms with E-state index in [2.05, 4.69) is 20.6 Å². The molecule has 1 amide bonds. The number of aromatic nitrogens is 4. The van der Waals surface area contributed by atoms with Crippen LogP contribution in [-0.2, 0) is 7.05 Å². The molecule has 0 unspecified atom stereocenters. The number of non-ortho nitro benzene ring substituents is 2. The van der Waals surface area contributed by atoms with E-state index in [1.807, 2.05) is 0 Å². The Kier molecular flexibility index (Phi) is 4.10. The molecule has 2 heterocycles. The van der Waals surface area contributed by atoms with Crippen molar-refractivity contribution in [2.75, 3.05) is 5.32 Å². The molecule has 1 aromatic carbocycles. The lowest BCUT2D eigenvalue weighted by Gasteiger charge is -2.01. The number of benzene rings is 1. The van der Waals surface area contributed by atoms with Gasteiger partial charge in [0.1, 0.15) is 5.69 Å². The van der Waals surface area contributed by atoms with Crippen LogP contribution in [0, 0.1) is 20.2 Å². The highest BCUT2D eigenvalue weighted by Gasteiger charge is 2.21. The van der Waals surface area contributed by atoms with Crippen molar-refractivity contribution >= 4 is 23.3 Å². The minimum absolute atomic E-state index is 0.0883. The summed E-state index contributed by atoms with van der Waals surface area (Å²) in [4.78, 5) is 32.3. The molecular weight excluding hydrogens is 350 g/mol. The first-order valence-electron chi connectivity index (χ1n) is 6.92. The maximum atomic E-state index is 12.2. The molecule has 0 bridgehead atoms. The van der Waals surface area contributed by atoms with Crippen molar-refractivity contribution in [3.05, 3.63) is 56.3 Å². The fraction of sp³-hybridized carbons (Fsp3) is 0.0769. The van der Waals surface area contributed by atoms with Gasteiger partial charge in [-0.3, -0.25) is 35.0 Å². The van der Waals surface area contributed by atoms with Crippen LogP contribution in [0.15, 0.2) is 34.9 Å². The van der Waals surface area contributed by atoms with Crippen LogP contribution in [-0.4, -0.2) is 35.7 Å². The second kappa shape index (κ2) is 6.39. The molecule has 2 aromatic heterocycles. The fourth-order valence-corrected chi connectivity index (χ4v) is 2.07. The normalized spacial score (nSPS) is 10.5. The Bertz CT molecular complexity index is 991. The van der Waals surface area contributed by atoms with E-state index < -0.39 is 27.1 Å². The summed E-state index contributed by atoms with van der Waals surface area (Å²) in [5, 5.41) is 35.3. The summed E-state index contributed by atoms with van der Waals surface area (Å²) >= 11 is 0. The summed E-state index contributed by atoms with van der Waals surface area (Å²) in [6.45, 7) is 0. The van der Waals surface area contributed by atoms with Gasteiger partial charge in [0.2, 0.25) is 0 Å². The third kappa shape index (κ3) is 3.21. The van der Waals surface area contributed by atoms with Crippen LogP contribution in [0.2, 0.25) is 0 Å². The largest absolute Gasteiger partial charge is 0.401 e. The molecule has 0 saturated carbocycles. The molecule has 13 nitrogen and oxygen atoms in total. The number of nitrogens with one attached hydrogen (secondary N) is 1. The number of nitro benzene ring substituents is 2. The van der Waals surface area contributed by atoms with Gasteiger partial charge < -0.3 is 4.42 Å². The zero-order valence-corrected chi connectivity index (χ0v) is 13.0. The van der Waals surface area contributed by atoms with E-state index in [4.69, 9.17) is 4.42 Å². The van der Waals surface area contributed by atoms with Gasteiger partial charge in [0.15, 0.2) is 0 Å². The lowest BCUT2D eigenvalue weighted by Crippen LogP contribution is -2.13. The topological polar surface area (TPSA) is 172 Å². The molecule has 3 rings (SSSR count). The van der Waals surface area contributed by atoms with Crippen LogP contribution in [0.3, 0.4) is 0 Å². The summed E-state index contributed by atoms with van der Waals surface area (Å²) in [6.07, 6.45) is 1.51. The second-order valence-electron chi connectivity index (χ2n) is 4.96. The van der Waals surface area contributed by atoms with E-state index in [0.29, 0.717) is 5.69 Å². The molecule has 13 heteroatoms. The molecule has 0 aliphatic rings. The maximum absolute atomic E-state index is 12.2. The highest BCUT2D eigenvalue weighted by atomic mass is 16.6. The Morgan fingerprint density at radius 1 is 1.15 bits per heavy atom. The minimum Gasteiger partial charge on any atom is -0.401 e. The third-order valence-corrected chi connectivity index (χ3v) is 3.27. The smallest absolute Gasteiger partial charge is 0.322 e. The molecule has 0 saturated heterocycles. The Morgan fingerprint density at radius 2 is 1.81 bits per heavy atom. The quantitative estimate of drug-likeness (QED) is 0.523. The lowest BCUT2D eigenvalue weighted by molar-refractivity contribution is -0.394.